The first-order valence-electron chi connectivity index (χ1n) is 3.93. The standard InChI is InChI=1S/C10H7NO3/c1-5-2-7-6(4-9(5)12)3-8(11-7)10(13)14/h2-4,12H,1H2,(H,13,14). The van der Waals surface area contributed by atoms with Gasteiger partial charge in [0, 0.05) is 10.4 Å². The van der Waals surface area contributed by atoms with Crippen LogP contribution >= 0.6 is 0 Å². The van der Waals surface area contributed by atoms with Crippen molar-refractivity contribution in [1.29, 1.82) is 0 Å². The molecule has 4 nitrogen and oxygen atoms in total. The minimum Gasteiger partial charge on any atom is -0.507 e. The molecular weight excluding hydrogens is 182 g/mol. The Hall–Kier alpha value is -2.10. The molecule has 14 heavy (non-hydrogen) atoms. The van der Waals surface area contributed by atoms with E-state index in [-0.39, 0.29) is 11.5 Å². The van der Waals surface area contributed by atoms with E-state index in [4.69, 9.17) is 5.11 Å². The summed E-state index contributed by atoms with van der Waals surface area (Å²) in [4.78, 5) is 14.5. The molecule has 1 aromatic rings. The molecule has 0 unspecified atom stereocenters. The maximum atomic E-state index is 10.6. The maximum absolute atomic E-state index is 10.6. The molecule has 70 valence electrons. The average molecular weight is 189 g/mol. The molecule has 1 aliphatic rings. The number of nitrogens with zero attached hydrogens (tertiary/aromatic N) is 1. The Balaban J connectivity index is 2.68. The Labute approximate surface area is 79.2 Å². The van der Waals surface area contributed by atoms with Crippen LogP contribution in [0, 0.1) is 0 Å². The quantitative estimate of drug-likeness (QED) is 0.640. The van der Waals surface area contributed by atoms with Gasteiger partial charge in [-0.1, -0.05) is 6.58 Å². The number of benzene rings is 1. The van der Waals surface area contributed by atoms with Crippen molar-refractivity contribution >= 4 is 30.0 Å². The minimum absolute atomic E-state index is 0.0231. The van der Waals surface area contributed by atoms with Crippen molar-refractivity contribution < 1.29 is 15.0 Å². The van der Waals surface area contributed by atoms with Crippen LogP contribution < -0.4 is 10.4 Å². The molecule has 0 fully saturated rings. The van der Waals surface area contributed by atoms with Gasteiger partial charge in [-0.15, -0.1) is 0 Å². The van der Waals surface area contributed by atoms with Crippen molar-refractivity contribution in [2.24, 2.45) is 4.99 Å². The van der Waals surface area contributed by atoms with Gasteiger partial charge in [-0.25, -0.2) is 9.79 Å². The van der Waals surface area contributed by atoms with Crippen LogP contribution in [-0.4, -0.2) is 21.9 Å². The molecule has 0 atom stereocenters. The predicted octanol–water partition coefficient (Wildman–Crippen LogP) is -0.246. The summed E-state index contributed by atoms with van der Waals surface area (Å²) in [5, 5.41) is 19.1. The smallest absolute Gasteiger partial charge is 0.354 e. The van der Waals surface area contributed by atoms with Crippen molar-refractivity contribution in [2.75, 3.05) is 0 Å². The number of carboxylic acid groups (broad SMARTS) is 1. The summed E-state index contributed by atoms with van der Waals surface area (Å²) in [6.07, 6.45) is 1.41. The monoisotopic (exact) mass is 189 g/mol. The fourth-order valence-corrected chi connectivity index (χ4v) is 1.27. The highest BCUT2D eigenvalue weighted by atomic mass is 16.4. The summed E-state index contributed by atoms with van der Waals surface area (Å²) < 4.78 is 0. The summed E-state index contributed by atoms with van der Waals surface area (Å²) in [7, 11) is 0. The van der Waals surface area contributed by atoms with Crippen LogP contribution in [0.1, 0.15) is 0 Å². The van der Waals surface area contributed by atoms with Gasteiger partial charge in [-0.3, -0.25) is 0 Å². The Bertz CT molecular complexity index is 557. The largest absolute Gasteiger partial charge is 0.507 e. The highest BCUT2D eigenvalue weighted by Gasteiger charge is 2.13. The van der Waals surface area contributed by atoms with Gasteiger partial charge in [-0.05, 0) is 18.2 Å². The van der Waals surface area contributed by atoms with Crippen LogP contribution in [0.3, 0.4) is 0 Å². The highest BCUT2D eigenvalue weighted by Crippen LogP contribution is 2.11. The first-order valence-corrected chi connectivity index (χ1v) is 3.93. The van der Waals surface area contributed by atoms with E-state index in [1.54, 1.807) is 6.07 Å². The van der Waals surface area contributed by atoms with E-state index < -0.39 is 5.97 Å². The lowest BCUT2D eigenvalue weighted by Crippen LogP contribution is -2.09. The Morgan fingerprint density at radius 3 is 2.79 bits per heavy atom. The normalized spacial score (nSPS) is 13.0. The van der Waals surface area contributed by atoms with Crippen LogP contribution in [0.4, 0.5) is 5.69 Å². The number of aliphatic imine (C=N–C) groups is 1. The van der Waals surface area contributed by atoms with E-state index in [1.807, 2.05) is 0 Å². The second-order valence-electron chi connectivity index (χ2n) is 2.99. The van der Waals surface area contributed by atoms with Crippen LogP contribution in [-0.2, 0) is 4.79 Å². The molecule has 0 radical (unpaired) electrons. The maximum Gasteiger partial charge on any atom is 0.354 e. The molecular formula is C10H7NO3. The van der Waals surface area contributed by atoms with E-state index in [2.05, 4.69) is 11.6 Å². The number of rotatable bonds is 1. The Morgan fingerprint density at radius 2 is 2.14 bits per heavy atom. The Kier molecular flexibility index (Phi) is 1.64. The summed E-state index contributed by atoms with van der Waals surface area (Å²) in [6.45, 7) is 3.59. The molecule has 0 aromatic heterocycles. The molecule has 0 bridgehead atoms. The summed E-state index contributed by atoms with van der Waals surface area (Å²) in [6, 6.07) is 3.01. The third kappa shape index (κ3) is 1.17. The van der Waals surface area contributed by atoms with E-state index in [1.165, 1.54) is 12.1 Å². The van der Waals surface area contributed by atoms with Gasteiger partial charge in [0.15, 0.2) is 0 Å². The predicted molar refractivity (Wildman–Crippen MR) is 52.1 cm³/mol. The zero-order valence-corrected chi connectivity index (χ0v) is 7.19. The summed E-state index contributed by atoms with van der Waals surface area (Å²) >= 11 is 0. The second kappa shape index (κ2) is 2.70. The average Bonchev–Trinajstić information content (AvgIpc) is 2.48. The molecule has 0 amide bonds. The third-order valence-electron chi connectivity index (χ3n) is 1.98. The molecule has 0 saturated heterocycles. The fourth-order valence-electron chi connectivity index (χ4n) is 1.27. The first kappa shape index (κ1) is 8.50. The lowest BCUT2D eigenvalue weighted by Gasteiger charge is -1.93. The molecule has 1 aromatic carbocycles. The van der Waals surface area contributed by atoms with E-state index in [0.717, 1.165) is 0 Å². The van der Waals surface area contributed by atoms with Gasteiger partial charge >= 0.3 is 5.97 Å². The topological polar surface area (TPSA) is 69.9 Å². The van der Waals surface area contributed by atoms with Crippen LogP contribution in [0.25, 0.3) is 12.7 Å². The lowest BCUT2D eigenvalue weighted by atomic mass is 10.2. The van der Waals surface area contributed by atoms with Gasteiger partial charge in [0.2, 0.25) is 0 Å². The van der Waals surface area contributed by atoms with E-state index in [9.17, 15) is 9.90 Å². The number of phenolic OH excluding ortho intramolecular Hbond substituents is 1. The molecule has 0 aliphatic carbocycles. The van der Waals surface area contributed by atoms with Gasteiger partial charge in [0.1, 0.15) is 11.5 Å². The van der Waals surface area contributed by atoms with Crippen molar-refractivity contribution in [3.63, 3.8) is 0 Å². The van der Waals surface area contributed by atoms with Crippen LogP contribution in [0.5, 0.6) is 5.75 Å². The molecule has 1 heterocycles. The van der Waals surface area contributed by atoms with E-state index in [0.29, 0.717) is 16.1 Å². The minimum atomic E-state index is -1.08. The number of fused-ring (bicyclic) bond motifs is 1. The molecule has 0 spiro atoms. The number of phenols is 1. The number of carbonyl (C=O) groups is 1. The second-order valence-corrected chi connectivity index (χ2v) is 2.99. The van der Waals surface area contributed by atoms with Gasteiger partial charge in [0.05, 0.1) is 5.69 Å². The fraction of sp³-hybridized carbons (Fsp3) is 0. The highest BCUT2D eigenvalue weighted by molar-refractivity contribution is 6.49. The van der Waals surface area contributed by atoms with Gasteiger partial charge in [-0.2, -0.15) is 0 Å². The number of aromatic hydroxyl groups is 1. The Morgan fingerprint density at radius 1 is 1.43 bits per heavy atom. The number of aliphatic carboxylic acids is 1. The van der Waals surface area contributed by atoms with E-state index >= 15 is 0 Å². The molecule has 2 rings (SSSR count). The number of hydrogen-bond donors (Lipinski definition) is 2. The van der Waals surface area contributed by atoms with Crippen molar-refractivity contribution in [3.8, 4) is 5.75 Å². The zero-order valence-electron chi connectivity index (χ0n) is 7.19. The molecule has 1 aliphatic heterocycles. The van der Waals surface area contributed by atoms with Crippen molar-refractivity contribution in [3.05, 3.63) is 22.6 Å². The van der Waals surface area contributed by atoms with Crippen molar-refractivity contribution in [1.82, 2.24) is 0 Å². The number of hydrogen-bond acceptors (Lipinski definition) is 3. The SMILES string of the molecule is C=c1cc2c(cc1O)=CC(C(=O)O)=N2. The molecule has 4 heteroatoms. The molecule has 0 saturated carbocycles. The van der Waals surface area contributed by atoms with Crippen molar-refractivity contribution in [2.45, 2.75) is 0 Å². The zero-order chi connectivity index (χ0) is 10.3. The number of carboxylic acids is 1. The van der Waals surface area contributed by atoms with Crippen LogP contribution in [0.15, 0.2) is 17.1 Å². The van der Waals surface area contributed by atoms with Crippen LogP contribution in [0.2, 0.25) is 0 Å². The van der Waals surface area contributed by atoms with Gasteiger partial charge in [0.25, 0.3) is 0 Å². The molecule has 2 N–H and O–H groups in total. The summed E-state index contributed by atoms with van der Waals surface area (Å²) in [5.74, 6) is -1.03. The first-order chi connectivity index (χ1) is 6.58. The summed E-state index contributed by atoms with van der Waals surface area (Å²) in [5.41, 5.74) is 0.509. The van der Waals surface area contributed by atoms with Gasteiger partial charge < -0.3 is 10.2 Å². The lowest BCUT2D eigenvalue weighted by molar-refractivity contribution is -0.129. The third-order valence-corrected chi connectivity index (χ3v) is 1.98.